The van der Waals surface area contributed by atoms with Crippen LogP contribution in [0.15, 0.2) is 54.9 Å². The van der Waals surface area contributed by atoms with Crippen LogP contribution in [0.4, 0.5) is 17.2 Å². The molecule has 0 saturated heterocycles. The predicted octanol–water partition coefficient (Wildman–Crippen LogP) is 4.47. The molecule has 1 atom stereocenters. The van der Waals surface area contributed by atoms with Gasteiger partial charge in [-0.25, -0.2) is 9.97 Å². The first-order valence-electron chi connectivity index (χ1n) is 8.91. The van der Waals surface area contributed by atoms with Crippen molar-refractivity contribution in [3.63, 3.8) is 0 Å². The fourth-order valence-corrected chi connectivity index (χ4v) is 3.63. The lowest BCUT2D eigenvalue weighted by molar-refractivity contribution is 0.0976. The number of carbonyl (C=O) groups is 1. The van der Waals surface area contributed by atoms with Crippen molar-refractivity contribution >= 4 is 34.7 Å². The Labute approximate surface area is 168 Å². The zero-order chi connectivity index (χ0) is 19.7. The summed E-state index contributed by atoms with van der Waals surface area (Å²) in [7, 11) is 1.58. The maximum absolute atomic E-state index is 13.2. The largest absolute Gasteiger partial charge is 0.495 e. The van der Waals surface area contributed by atoms with E-state index in [9.17, 15) is 4.79 Å². The third-order valence-corrected chi connectivity index (χ3v) is 4.97. The monoisotopic (exact) mass is 394 g/mol. The summed E-state index contributed by atoms with van der Waals surface area (Å²) in [4.78, 5) is 23.4. The molecule has 0 saturated carbocycles. The van der Waals surface area contributed by atoms with Crippen molar-refractivity contribution in [3.05, 3.63) is 71.1 Å². The summed E-state index contributed by atoms with van der Waals surface area (Å²) in [5.41, 5.74) is 3.08. The summed E-state index contributed by atoms with van der Waals surface area (Å²) < 4.78 is 5.34. The molecule has 4 rings (SSSR count). The highest BCUT2D eigenvalue weighted by Crippen LogP contribution is 2.33. The topological polar surface area (TPSA) is 67.3 Å². The van der Waals surface area contributed by atoms with Gasteiger partial charge in [0.25, 0.3) is 5.91 Å². The normalized spacial score (nSPS) is 15.2. The number of anilines is 3. The molecule has 1 amide bonds. The van der Waals surface area contributed by atoms with Crippen LogP contribution in [-0.4, -0.2) is 29.0 Å². The predicted molar refractivity (Wildman–Crippen MR) is 110 cm³/mol. The third-order valence-electron chi connectivity index (χ3n) is 4.74. The maximum Gasteiger partial charge on any atom is 0.277 e. The van der Waals surface area contributed by atoms with E-state index in [-0.39, 0.29) is 11.9 Å². The second-order valence-corrected chi connectivity index (χ2v) is 7.05. The van der Waals surface area contributed by atoms with Gasteiger partial charge in [0, 0.05) is 22.8 Å². The molecule has 28 heavy (non-hydrogen) atoms. The van der Waals surface area contributed by atoms with Gasteiger partial charge in [0.1, 0.15) is 23.6 Å². The zero-order valence-electron chi connectivity index (χ0n) is 15.5. The Balaban J connectivity index is 1.63. The molecular formula is C21H19ClN4O2. The fourth-order valence-electron chi connectivity index (χ4n) is 3.46. The lowest BCUT2D eigenvalue weighted by atomic mass is 10.1. The van der Waals surface area contributed by atoms with Gasteiger partial charge in [0.15, 0.2) is 0 Å². The van der Waals surface area contributed by atoms with Crippen molar-refractivity contribution in [1.29, 1.82) is 0 Å². The van der Waals surface area contributed by atoms with E-state index in [4.69, 9.17) is 16.3 Å². The van der Waals surface area contributed by atoms with Gasteiger partial charge in [-0.2, -0.15) is 0 Å². The van der Waals surface area contributed by atoms with Gasteiger partial charge < -0.3 is 15.0 Å². The first-order chi connectivity index (χ1) is 13.6. The van der Waals surface area contributed by atoms with Crippen molar-refractivity contribution in [2.45, 2.75) is 19.4 Å². The van der Waals surface area contributed by atoms with Gasteiger partial charge in [-0.3, -0.25) is 4.79 Å². The van der Waals surface area contributed by atoms with Gasteiger partial charge >= 0.3 is 0 Å². The number of nitrogens with zero attached hydrogens (tertiary/aromatic N) is 3. The number of carbonyl (C=O) groups excluding carboxylic acids is 1. The Morgan fingerprint density at radius 3 is 2.86 bits per heavy atom. The van der Waals surface area contributed by atoms with Gasteiger partial charge in [-0.05, 0) is 43.2 Å². The van der Waals surface area contributed by atoms with Crippen LogP contribution < -0.4 is 15.0 Å². The lowest BCUT2D eigenvalue weighted by Gasteiger charge is -2.22. The molecule has 7 heteroatoms. The summed E-state index contributed by atoms with van der Waals surface area (Å²) >= 11 is 6.08. The number of amides is 1. The van der Waals surface area contributed by atoms with Crippen molar-refractivity contribution in [1.82, 2.24) is 9.97 Å². The number of nitrogens with one attached hydrogen (secondary N) is 1. The number of methoxy groups -OCH3 is 1. The molecular weight excluding hydrogens is 376 g/mol. The number of para-hydroxylation sites is 1. The van der Waals surface area contributed by atoms with E-state index >= 15 is 0 Å². The third kappa shape index (κ3) is 3.39. The number of halogens is 1. The quantitative estimate of drug-likeness (QED) is 0.707. The standard InChI is InChI=1S/C21H19ClN4O2/c1-13-9-14-5-3-4-6-18(14)26(13)21(27)17-11-20(24-12-23-17)25-16-10-15(22)7-8-19(16)28-2/h3-8,10-13H,9H2,1-2H3,(H,23,24,25). The Morgan fingerprint density at radius 1 is 1.21 bits per heavy atom. The Bertz CT molecular complexity index is 1040. The molecule has 6 nitrogen and oxygen atoms in total. The molecule has 3 aromatic rings. The second-order valence-electron chi connectivity index (χ2n) is 6.62. The summed E-state index contributed by atoms with van der Waals surface area (Å²) in [5, 5.41) is 3.72. The first-order valence-corrected chi connectivity index (χ1v) is 9.28. The molecule has 0 spiro atoms. The fraction of sp³-hybridized carbons (Fsp3) is 0.190. The molecule has 0 radical (unpaired) electrons. The smallest absolute Gasteiger partial charge is 0.277 e. The van der Waals surface area contributed by atoms with E-state index in [1.807, 2.05) is 25.1 Å². The molecule has 0 aliphatic carbocycles. The van der Waals surface area contributed by atoms with Crippen molar-refractivity contribution < 1.29 is 9.53 Å². The lowest BCUT2D eigenvalue weighted by Crippen LogP contribution is -2.36. The van der Waals surface area contributed by atoms with Crippen LogP contribution in [0.1, 0.15) is 23.0 Å². The molecule has 1 aliphatic rings. The van der Waals surface area contributed by atoms with Crippen LogP contribution in [0.25, 0.3) is 0 Å². The van der Waals surface area contributed by atoms with Gasteiger partial charge in [0.2, 0.25) is 0 Å². The Kier molecular flexibility index (Phi) is 4.88. The van der Waals surface area contributed by atoms with Crippen molar-refractivity contribution in [2.24, 2.45) is 0 Å². The maximum atomic E-state index is 13.2. The Hall–Kier alpha value is -3.12. The van der Waals surface area contributed by atoms with Crippen LogP contribution in [0.2, 0.25) is 5.02 Å². The SMILES string of the molecule is COc1ccc(Cl)cc1Nc1cc(C(=O)N2c3ccccc3CC2C)ncn1. The summed E-state index contributed by atoms with van der Waals surface area (Å²) in [6.45, 7) is 2.04. The highest BCUT2D eigenvalue weighted by atomic mass is 35.5. The molecule has 1 unspecified atom stereocenters. The number of ether oxygens (including phenoxy) is 1. The number of aromatic nitrogens is 2. The average Bonchev–Trinajstić information content (AvgIpc) is 3.03. The molecule has 2 aromatic carbocycles. The molecule has 0 fully saturated rings. The van der Waals surface area contributed by atoms with Gasteiger partial charge in [-0.15, -0.1) is 0 Å². The molecule has 0 bridgehead atoms. The van der Waals surface area contributed by atoms with Gasteiger partial charge in [0.05, 0.1) is 12.8 Å². The van der Waals surface area contributed by atoms with E-state index in [2.05, 4.69) is 21.4 Å². The highest BCUT2D eigenvalue weighted by Gasteiger charge is 2.32. The van der Waals surface area contributed by atoms with Crippen LogP contribution in [0, 0.1) is 0 Å². The number of fused-ring (bicyclic) bond motifs is 1. The summed E-state index contributed by atoms with van der Waals surface area (Å²) in [6.07, 6.45) is 2.21. The number of hydrogen-bond acceptors (Lipinski definition) is 5. The van der Waals surface area contributed by atoms with E-state index in [1.54, 1.807) is 36.3 Å². The summed E-state index contributed by atoms with van der Waals surface area (Å²) in [5.74, 6) is 0.956. The van der Waals surface area contributed by atoms with Crippen LogP contribution in [-0.2, 0) is 6.42 Å². The van der Waals surface area contributed by atoms with Crippen LogP contribution >= 0.6 is 11.6 Å². The van der Waals surface area contributed by atoms with Crippen LogP contribution in [0.3, 0.4) is 0 Å². The van der Waals surface area contributed by atoms with E-state index in [0.717, 1.165) is 12.1 Å². The molecule has 1 N–H and O–H groups in total. The molecule has 1 aliphatic heterocycles. The summed E-state index contributed by atoms with van der Waals surface area (Å²) in [6, 6.07) is 14.9. The van der Waals surface area contributed by atoms with Crippen molar-refractivity contribution in [2.75, 3.05) is 17.3 Å². The highest BCUT2D eigenvalue weighted by molar-refractivity contribution is 6.31. The van der Waals surface area contributed by atoms with E-state index in [1.165, 1.54) is 11.9 Å². The van der Waals surface area contributed by atoms with Crippen LogP contribution in [0.5, 0.6) is 5.75 Å². The Morgan fingerprint density at radius 2 is 2.04 bits per heavy atom. The minimum Gasteiger partial charge on any atom is -0.495 e. The molecule has 142 valence electrons. The van der Waals surface area contributed by atoms with Crippen molar-refractivity contribution in [3.8, 4) is 5.75 Å². The molecule has 1 aromatic heterocycles. The first kappa shape index (κ1) is 18.3. The molecule has 2 heterocycles. The minimum absolute atomic E-state index is 0.0734. The van der Waals surface area contributed by atoms with E-state index < -0.39 is 0 Å². The average molecular weight is 395 g/mol. The minimum atomic E-state index is -0.152. The number of benzene rings is 2. The number of rotatable bonds is 4. The number of hydrogen-bond donors (Lipinski definition) is 1. The van der Waals surface area contributed by atoms with E-state index in [0.29, 0.717) is 28.0 Å². The van der Waals surface area contributed by atoms with Gasteiger partial charge in [-0.1, -0.05) is 29.8 Å². The zero-order valence-corrected chi connectivity index (χ0v) is 16.3. The second kappa shape index (κ2) is 7.48.